The van der Waals surface area contributed by atoms with Crippen LogP contribution in [0.25, 0.3) is 0 Å². The molecular formula is C24H27FN2O2. The van der Waals surface area contributed by atoms with E-state index in [2.05, 4.69) is 12.1 Å². The van der Waals surface area contributed by atoms with Gasteiger partial charge < -0.3 is 9.80 Å². The summed E-state index contributed by atoms with van der Waals surface area (Å²) in [6.45, 7) is 4.39. The Morgan fingerprint density at radius 2 is 1.69 bits per heavy atom. The molecular weight excluding hydrogens is 367 g/mol. The normalized spacial score (nSPS) is 23.3. The monoisotopic (exact) mass is 394 g/mol. The van der Waals surface area contributed by atoms with Crippen molar-refractivity contribution in [3.8, 4) is 0 Å². The predicted octanol–water partition coefficient (Wildman–Crippen LogP) is 3.31. The van der Waals surface area contributed by atoms with Crippen LogP contribution in [0.4, 0.5) is 4.39 Å². The van der Waals surface area contributed by atoms with Crippen molar-refractivity contribution in [1.82, 2.24) is 9.80 Å². The molecule has 0 N–H and O–H groups in total. The second-order valence-corrected chi connectivity index (χ2v) is 8.53. The number of carbonyl (C=O) groups is 2. The maximum atomic E-state index is 13.5. The Bertz CT molecular complexity index is 901. The Labute approximate surface area is 171 Å². The van der Waals surface area contributed by atoms with E-state index in [1.165, 1.54) is 17.7 Å². The molecule has 0 saturated carbocycles. The minimum Gasteiger partial charge on any atom is -0.342 e. The van der Waals surface area contributed by atoms with Gasteiger partial charge in [-0.2, -0.15) is 0 Å². The molecule has 2 atom stereocenters. The van der Waals surface area contributed by atoms with Crippen molar-refractivity contribution in [2.24, 2.45) is 11.3 Å². The van der Waals surface area contributed by atoms with Crippen LogP contribution in [0, 0.1) is 17.2 Å². The van der Waals surface area contributed by atoms with Gasteiger partial charge in [-0.25, -0.2) is 4.39 Å². The second-order valence-electron chi connectivity index (χ2n) is 8.53. The van der Waals surface area contributed by atoms with Crippen LogP contribution in [-0.2, 0) is 22.4 Å². The largest absolute Gasteiger partial charge is 0.342 e. The lowest BCUT2D eigenvalue weighted by molar-refractivity contribution is -0.130. The average molecular weight is 394 g/mol. The van der Waals surface area contributed by atoms with E-state index < -0.39 is 0 Å². The number of rotatable bonds is 5. The highest BCUT2D eigenvalue weighted by atomic mass is 19.1. The lowest BCUT2D eigenvalue weighted by Gasteiger charge is -2.29. The standard InChI is InChI=1S/C24H27FN2O2/c1-18(28)26-14-21-15-27(23(29)13-20-8-5-9-22(25)12-20)17-24(21,16-26)11-10-19-6-3-2-4-7-19/h2-9,12,21H,10-11,13-17H2,1H3. The number of hydrogen-bond donors (Lipinski definition) is 0. The van der Waals surface area contributed by atoms with Crippen molar-refractivity contribution in [1.29, 1.82) is 0 Å². The summed E-state index contributed by atoms with van der Waals surface area (Å²) in [4.78, 5) is 28.8. The third-order valence-corrected chi connectivity index (χ3v) is 6.56. The zero-order valence-electron chi connectivity index (χ0n) is 16.8. The number of likely N-dealkylation sites (tertiary alicyclic amines) is 2. The van der Waals surface area contributed by atoms with Crippen LogP contribution in [0.15, 0.2) is 54.6 Å². The van der Waals surface area contributed by atoms with Gasteiger partial charge in [0.25, 0.3) is 0 Å². The first-order valence-electron chi connectivity index (χ1n) is 10.3. The molecule has 0 aromatic heterocycles. The molecule has 0 aliphatic carbocycles. The molecule has 2 aromatic carbocycles. The molecule has 2 unspecified atom stereocenters. The van der Waals surface area contributed by atoms with Gasteiger partial charge >= 0.3 is 0 Å². The van der Waals surface area contributed by atoms with Crippen LogP contribution in [0.5, 0.6) is 0 Å². The number of fused-ring (bicyclic) bond motifs is 1. The molecule has 2 heterocycles. The van der Waals surface area contributed by atoms with Crippen molar-refractivity contribution in [2.45, 2.75) is 26.2 Å². The van der Waals surface area contributed by atoms with Crippen LogP contribution < -0.4 is 0 Å². The fourth-order valence-corrected chi connectivity index (χ4v) is 4.94. The summed E-state index contributed by atoms with van der Waals surface area (Å²) in [5.74, 6) is 0.131. The molecule has 2 aliphatic heterocycles. The van der Waals surface area contributed by atoms with Crippen LogP contribution >= 0.6 is 0 Å². The highest BCUT2D eigenvalue weighted by Crippen LogP contribution is 2.46. The number of benzene rings is 2. The van der Waals surface area contributed by atoms with E-state index in [0.717, 1.165) is 12.8 Å². The summed E-state index contributed by atoms with van der Waals surface area (Å²) in [5, 5.41) is 0. The minimum atomic E-state index is -0.315. The predicted molar refractivity (Wildman–Crippen MR) is 110 cm³/mol. The molecule has 152 valence electrons. The average Bonchev–Trinajstić information content (AvgIpc) is 3.22. The summed E-state index contributed by atoms with van der Waals surface area (Å²) < 4.78 is 13.5. The van der Waals surface area contributed by atoms with Gasteiger partial charge in [0.1, 0.15) is 5.82 Å². The number of halogens is 1. The summed E-state index contributed by atoms with van der Waals surface area (Å²) in [5.41, 5.74) is 1.93. The summed E-state index contributed by atoms with van der Waals surface area (Å²) in [6.07, 6.45) is 2.11. The van der Waals surface area contributed by atoms with E-state index >= 15 is 0 Å². The van der Waals surface area contributed by atoms with Crippen molar-refractivity contribution in [3.05, 3.63) is 71.5 Å². The second kappa shape index (κ2) is 7.97. The number of aryl methyl sites for hydroxylation is 1. The maximum absolute atomic E-state index is 13.5. The van der Waals surface area contributed by atoms with Crippen LogP contribution in [0.2, 0.25) is 0 Å². The molecule has 0 radical (unpaired) electrons. The lowest BCUT2D eigenvalue weighted by atomic mass is 9.76. The quantitative estimate of drug-likeness (QED) is 0.781. The topological polar surface area (TPSA) is 40.6 Å². The molecule has 4 rings (SSSR count). The van der Waals surface area contributed by atoms with Gasteiger partial charge in [-0.3, -0.25) is 9.59 Å². The Kier molecular flexibility index (Phi) is 5.39. The summed E-state index contributed by atoms with van der Waals surface area (Å²) in [7, 11) is 0. The van der Waals surface area contributed by atoms with Crippen LogP contribution in [0.1, 0.15) is 24.5 Å². The smallest absolute Gasteiger partial charge is 0.227 e. The van der Waals surface area contributed by atoms with Gasteiger partial charge in [0.2, 0.25) is 11.8 Å². The van der Waals surface area contributed by atoms with Gasteiger partial charge in [0.15, 0.2) is 0 Å². The first-order valence-corrected chi connectivity index (χ1v) is 10.3. The number of nitrogens with zero attached hydrogens (tertiary/aromatic N) is 2. The molecule has 2 amide bonds. The number of amides is 2. The van der Waals surface area contributed by atoms with E-state index in [9.17, 15) is 14.0 Å². The highest BCUT2D eigenvalue weighted by molar-refractivity contribution is 5.79. The molecule has 29 heavy (non-hydrogen) atoms. The fourth-order valence-electron chi connectivity index (χ4n) is 4.94. The summed E-state index contributed by atoms with van der Waals surface area (Å²) in [6, 6.07) is 16.6. The SMILES string of the molecule is CC(=O)N1CC2CN(C(=O)Cc3cccc(F)c3)CC2(CCc2ccccc2)C1. The fraction of sp³-hybridized carbons (Fsp3) is 0.417. The molecule has 2 aromatic rings. The van der Waals surface area contributed by atoms with Gasteiger partial charge in [-0.15, -0.1) is 0 Å². The molecule has 0 spiro atoms. The van der Waals surface area contributed by atoms with Crippen molar-refractivity contribution < 1.29 is 14.0 Å². The van der Waals surface area contributed by atoms with Crippen LogP contribution in [0.3, 0.4) is 0 Å². The van der Waals surface area contributed by atoms with E-state index in [1.807, 2.05) is 28.0 Å². The minimum absolute atomic E-state index is 0.0402. The first kappa shape index (κ1) is 19.6. The van der Waals surface area contributed by atoms with Crippen molar-refractivity contribution >= 4 is 11.8 Å². The third-order valence-electron chi connectivity index (χ3n) is 6.56. The van der Waals surface area contributed by atoms with E-state index in [4.69, 9.17) is 0 Å². The van der Waals surface area contributed by atoms with Gasteiger partial charge in [-0.1, -0.05) is 42.5 Å². The number of hydrogen-bond acceptors (Lipinski definition) is 2. The van der Waals surface area contributed by atoms with Crippen LogP contribution in [-0.4, -0.2) is 47.8 Å². The zero-order chi connectivity index (χ0) is 20.4. The van der Waals surface area contributed by atoms with Crippen molar-refractivity contribution in [2.75, 3.05) is 26.2 Å². The Morgan fingerprint density at radius 3 is 2.41 bits per heavy atom. The third kappa shape index (κ3) is 4.19. The molecule has 2 saturated heterocycles. The highest BCUT2D eigenvalue weighted by Gasteiger charge is 2.53. The molecule has 4 nitrogen and oxygen atoms in total. The van der Waals surface area contributed by atoms with Gasteiger partial charge in [0.05, 0.1) is 6.42 Å². The van der Waals surface area contributed by atoms with E-state index in [1.54, 1.807) is 19.1 Å². The van der Waals surface area contributed by atoms with E-state index in [-0.39, 0.29) is 29.5 Å². The lowest BCUT2D eigenvalue weighted by Crippen LogP contribution is -2.39. The molecule has 5 heteroatoms. The van der Waals surface area contributed by atoms with Crippen molar-refractivity contribution in [3.63, 3.8) is 0 Å². The Balaban J connectivity index is 1.48. The van der Waals surface area contributed by atoms with Gasteiger partial charge in [0, 0.05) is 44.4 Å². The summed E-state index contributed by atoms with van der Waals surface area (Å²) >= 11 is 0. The van der Waals surface area contributed by atoms with Gasteiger partial charge in [-0.05, 0) is 36.1 Å². The zero-order valence-corrected chi connectivity index (χ0v) is 16.8. The number of carbonyl (C=O) groups excluding carboxylic acids is 2. The first-order chi connectivity index (χ1) is 13.9. The molecule has 2 aliphatic rings. The molecule has 2 fully saturated rings. The molecule has 0 bridgehead atoms. The Hall–Kier alpha value is -2.69. The Morgan fingerprint density at radius 1 is 1.00 bits per heavy atom. The van der Waals surface area contributed by atoms with E-state index in [0.29, 0.717) is 37.7 Å². The maximum Gasteiger partial charge on any atom is 0.227 e.